The molecule has 24 heavy (non-hydrogen) atoms. The van der Waals surface area contributed by atoms with E-state index < -0.39 is 11.7 Å². The minimum absolute atomic E-state index is 0.166. The Balaban J connectivity index is 1.93. The number of carbonyl (C=O) groups excluding carboxylic acids is 1. The number of hydrogen-bond donors (Lipinski definition) is 1. The van der Waals surface area contributed by atoms with Gasteiger partial charge in [-0.05, 0) is 26.2 Å². The van der Waals surface area contributed by atoms with E-state index in [0.29, 0.717) is 32.7 Å². The van der Waals surface area contributed by atoms with Crippen LogP contribution in [0.5, 0.6) is 0 Å². The van der Waals surface area contributed by atoms with Gasteiger partial charge in [-0.15, -0.1) is 0 Å². The summed E-state index contributed by atoms with van der Waals surface area (Å²) < 4.78 is 39.3. The largest absolute Gasteiger partial charge is 0.418 e. The Morgan fingerprint density at radius 3 is 2.38 bits per heavy atom. The van der Waals surface area contributed by atoms with Crippen molar-refractivity contribution in [3.63, 3.8) is 0 Å². The monoisotopic (exact) mass is 344 g/mol. The van der Waals surface area contributed by atoms with Crippen molar-refractivity contribution in [1.29, 1.82) is 0 Å². The van der Waals surface area contributed by atoms with Crippen LogP contribution in [-0.2, 0) is 6.18 Å². The maximum absolute atomic E-state index is 13.1. The van der Waals surface area contributed by atoms with E-state index in [1.54, 1.807) is 15.9 Å². The van der Waals surface area contributed by atoms with E-state index >= 15 is 0 Å². The summed E-state index contributed by atoms with van der Waals surface area (Å²) in [6.07, 6.45) is -4.38. The minimum atomic E-state index is -4.38. The number of rotatable bonds is 4. The van der Waals surface area contributed by atoms with E-state index in [-0.39, 0.29) is 11.7 Å². The van der Waals surface area contributed by atoms with E-state index in [9.17, 15) is 18.0 Å². The van der Waals surface area contributed by atoms with Crippen LogP contribution in [0.15, 0.2) is 24.3 Å². The Morgan fingerprint density at radius 1 is 1.17 bits per heavy atom. The van der Waals surface area contributed by atoms with E-state index in [4.69, 9.17) is 0 Å². The lowest BCUT2D eigenvalue weighted by Crippen LogP contribution is -2.52. The summed E-state index contributed by atoms with van der Waals surface area (Å²) >= 11 is 0. The van der Waals surface area contributed by atoms with Crippen molar-refractivity contribution in [1.82, 2.24) is 15.1 Å². The minimum Gasteiger partial charge on any atom is -0.367 e. The average Bonchev–Trinajstić information content (AvgIpc) is 2.54. The first-order chi connectivity index (χ1) is 11.3. The summed E-state index contributed by atoms with van der Waals surface area (Å²) in [5.41, 5.74) is -0.452. The highest BCUT2D eigenvalue weighted by atomic mass is 19.4. The third kappa shape index (κ3) is 4.77. The lowest BCUT2D eigenvalue weighted by molar-refractivity contribution is -0.137. The molecule has 0 unspecified atom stereocenters. The standard InChI is InChI=1S/C16H23F3N4O/c1-21(2)8-7-20-15(24)23-11-9-22(10-12-23)14-6-4-3-5-13(14)16(17,18)19/h3-6H,7-12H2,1-2H3,(H,20,24). The summed E-state index contributed by atoms with van der Waals surface area (Å²) in [5, 5.41) is 2.82. The van der Waals surface area contributed by atoms with Gasteiger partial charge >= 0.3 is 12.2 Å². The Morgan fingerprint density at radius 2 is 1.79 bits per heavy atom. The number of para-hydroxylation sites is 1. The number of nitrogens with one attached hydrogen (secondary N) is 1. The number of likely N-dealkylation sites (N-methyl/N-ethyl adjacent to an activating group) is 1. The highest BCUT2D eigenvalue weighted by Crippen LogP contribution is 2.36. The van der Waals surface area contributed by atoms with E-state index in [2.05, 4.69) is 5.32 Å². The molecule has 1 aromatic carbocycles. The second-order valence-corrected chi connectivity index (χ2v) is 6.02. The number of piperazine rings is 1. The lowest BCUT2D eigenvalue weighted by Gasteiger charge is -2.37. The third-order valence-electron chi connectivity index (χ3n) is 3.95. The van der Waals surface area contributed by atoms with Crippen LogP contribution in [0.2, 0.25) is 0 Å². The Labute approximate surface area is 140 Å². The molecule has 134 valence electrons. The molecule has 0 aliphatic carbocycles. The topological polar surface area (TPSA) is 38.8 Å². The van der Waals surface area contributed by atoms with Gasteiger partial charge in [-0.3, -0.25) is 0 Å². The maximum atomic E-state index is 13.1. The molecule has 0 bridgehead atoms. The van der Waals surface area contributed by atoms with E-state index in [0.717, 1.165) is 12.6 Å². The number of urea groups is 1. The lowest BCUT2D eigenvalue weighted by atomic mass is 10.1. The van der Waals surface area contributed by atoms with Crippen molar-refractivity contribution in [3.05, 3.63) is 29.8 Å². The molecule has 0 spiro atoms. The molecule has 5 nitrogen and oxygen atoms in total. The van der Waals surface area contributed by atoms with Crippen molar-refractivity contribution < 1.29 is 18.0 Å². The summed E-state index contributed by atoms with van der Waals surface area (Å²) in [7, 11) is 3.84. The normalized spacial score (nSPS) is 15.8. The fourth-order valence-electron chi connectivity index (χ4n) is 2.64. The molecule has 1 saturated heterocycles. The average molecular weight is 344 g/mol. The SMILES string of the molecule is CN(C)CCNC(=O)N1CCN(c2ccccc2C(F)(F)F)CC1. The molecular formula is C16H23F3N4O. The predicted molar refractivity (Wildman–Crippen MR) is 87.2 cm³/mol. The first kappa shape index (κ1) is 18.4. The zero-order valence-electron chi connectivity index (χ0n) is 13.9. The molecule has 0 saturated carbocycles. The van der Waals surface area contributed by atoms with E-state index in [1.165, 1.54) is 12.1 Å². The molecular weight excluding hydrogens is 321 g/mol. The number of carbonyl (C=O) groups is 1. The van der Waals surface area contributed by atoms with Gasteiger partial charge in [0.05, 0.1) is 5.56 Å². The number of amides is 2. The molecule has 1 aliphatic rings. The highest BCUT2D eigenvalue weighted by Gasteiger charge is 2.35. The van der Waals surface area contributed by atoms with Gasteiger partial charge in [0.15, 0.2) is 0 Å². The zero-order valence-corrected chi connectivity index (χ0v) is 13.9. The molecule has 2 amide bonds. The molecule has 0 radical (unpaired) electrons. The number of halogens is 3. The fraction of sp³-hybridized carbons (Fsp3) is 0.562. The first-order valence-electron chi connectivity index (χ1n) is 7.87. The molecule has 1 N–H and O–H groups in total. The maximum Gasteiger partial charge on any atom is 0.418 e. The number of anilines is 1. The van der Waals surface area contributed by atoms with Crippen molar-refractivity contribution in [2.24, 2.45) is 0 Å². The molecule has 1 heterocycles. The Bertz CT molecular complexity index is 554. The van der Waals surface area contributed by atoms with Crippen LogP contribution in [0.1, 0.15) is 5.56 Å². The summed E-state index contributed by atoms with van der Waals surface area (Å²) in [5.74, 6) is 0. The van der Waals surface area contributed by atoms with Crippen LogP contribution in [0, 0.1) is 0 Å². The van der Waals surface area contributed by atoms with Crippen molar-refractivity contribution in [3.8, 4) is 0 Å². The van der Waals surface area contributed by atoms with Crippen LogP contribution >= 0.6 is 0 Å². The quantitative estimate of drug-likeness (QED) is 0.909. The van der Waals surface area contributed by atoms with Crippen molar-refractivity contribution >= 4 is 11.7 Å². The molecule has 8 heteroatoms. The van der Waals surface area contributed by atoms with Gasteiger partial charge in [-0.1, -0.05) is 12.1 Å². The Kier molecular flexibility index (Phi) is 5.93. The molecule has 1 aromatic rings. The van der Waals surface area contributed by atoms with Crippen LogP contribution in [0.25, 0.3) is 0 Å². The van der Waals surface area contributed by atoms with Gasteiger partial charge in [0, 0.05) is 45.0 Å². The van der Waals surface area contributed by atoms with Gasteiger partial charge in [0.1, 0.15) is 0 Å². The zero-order chi connectivity index (χ0) is 17.7. The van der Waals surface area contributed by atoms with Crippen LogP contribution in [0.4, 0.5) is 23.7 Å². The summed E-state index contributed by atoms with van der Waals surface area (Å²) in [4.78, 5) is 17.3. The van der Waals surface area contributed by atoms with Gasteiger partial charge in [-0.2, -0.15) is 13.2 Å². The smallest absolute Gasteiger partial charge is 0.367 e. The number of benzene rings is 1. The second-order valence-electron chi connectivity index (χ2n) is 6.02. The Hall–Kier alpha value is -1.96. The summed E-state index contributed by atoms with van der Waals surface area (Å²) in [6, 6.07) is 5.40. The van der Waals surface area contributed by atoms with Crippen LogP contribution < -0.4 is 10.2 Å². The first-order valence-corrected chi connectivity index (χ1v) is 7.87. The molecule has 0 aromatic heterocycles. The molecule has 2 rings (SSSR count). The third-order valence-corrected chi connectivity index (χ3v) is 3.95. The molecule has 1 fully saturated rings. The van der Waals surface area contributed by atoms with Crippen LogP contribution in [0.3, 0.4) is 0 Å². The van der Waals surface area contributed by atoms with Gasteiger partial charge in [0.25, 0.3) is 0 Å². The predicted octanol–water partition coefficient (Wildman–Crippen LogP) is 2.10. The van der Waals surface area contributed by atoms with Gasteiger partial charge in [0.2, 0.25) is 0 Å². The number of hydrogen-bond acceptors (Lipinski definition) is 3. The van der Waals surface area contributed by atoms with Crippen LogP contribution in [-0.4, -0.2) is 69.2 Å². The molecule has 1 aliphatic heterocycles. The molecule has 0 atom stereocenters. The van der Waals surface area contributed by atoms with Gasteiger partial charge in [-0.25, -0.2) is 4.79 Å². The second kappa shape index (κ2) is 7.74. The van der Waals surface area contributed by atoms with E-state index in [1.807, 2.05) is 19.0 Å². The van der Waals surface area contributed by atoms with Crippen molar-refractivity contribution in [2.45, 2.75) is 6.18 Å². The van der Waals surface area contributed by atoms with Crippen molar-refractivity contribution in [2.75, 3.05) is 58.3 Å². The fourth-order valence-corrected chi connectivity index (χ4v) is 2.64. The number of alkyl halides is 3. The van der Waals surface area contributed by atoms with Gasteiger partial charge < -0.3 is 20.0 Å². The highest BCUT2D eigenvalue weighted by molar-refractivity contribution is 5.74. The summed E-state index contributed by atoms with van der Waals surface area (Å²) in [6.45, 7) is 2.86. The number of nitrogens with zero attached hydrogens (tertiary/aromatic N) is 3.